The van der Waals surface area contributed by atoms with Gasteiger partial charge in [-0.15, -0.1) is 0 Å². The Bertz CT molecular complexity index is 1070. The molecule has 4 rings (SSSR count). The van der Waals surface area contributed by atoms with Crippen LogP contribution in [-0.4, -0.2) is 4.98 Å². The van der Waals surface area contributed by atoms with Gasteiger partial charge in [0.05, 0.1) is 11.1 Å². The number of para-hydroxylation sites is 1. The van der Waals surface area contributed by atoms with Gasteiger partial charge in [0.1, 0.15) is 0 Å². The summed E-state index contributed by atoms with van der Waals surface area (Å²) in [6.45, 7) is 0. The van der Waals surface area contributed by atoms with E-state index in [0.717, 1.165) is 28.3 Å². The van der Waals surface area contributed by atoms with Crippen LogP contribution in [-0.2, 0) is 12.6 Å². The van der Waals surface area contributed by atoms with Gasteiger partial charge in [-0.25, -0.2) is 0 Å². The second-order valence-corrected chi connectivity index (χ2v) is 6.31. The van der Waals surface area contributed by atoms with E-state index in [0.29, 0.717) is 11.8 Å². The molecule has 1 heterocycles. The Morgan fingerprint density at radius 3 is 2.41 bits per heavy atom. The summed E-state index contributed by atoms with van der Waals surface area (Å²) in [6, 6.07) is 24.3. The highest BCUT2D eigenvalue weighted by Gasteiger charge is 2.33. The fourth-order valence-electron chi connectivity index (χ4n) is 3.33. The third-order valence-corrected chi connectivity index (χ3v) is 4.51. The quantitative estimate of drug-likeness (QED) is 0.416. The Hall–Kier alpha value is -3.14. The summed E-state index contributed by atoms with van der Waals surface area (Å²) in [6.07, 6.45) is -2.30. The summed E-state index contributed by atoms with van der Waals surface area (Å²) in [7, 11) is 0. The average molecular weight is 362 g/mol. The predicted molar refractivity (Wildman–Crippen MR) is 100 cm³/mol. The minimum Gasteiger partial charge on any atom is -0.255 e. The van der Waals surface area contributed by atoms with Crippen LogP contribution < -0.4 is 0 Å². The molecule has 0 unspecified atom stereocenters. The third kappa shape index (κ3) is 3.43. The number of rotatable bonds is 3. The molecule has 3 aromatic carbocycles. The summed E-state index contributed by atoms with van der Waals surface area (Å²) in [5.74, 6) is 0. The van der Waals surface area contributed by atoms with Crippen LogP contribution in [0.2, 0.25) is 0 Å². The molecule has 0 saturated heterocycles. The molecule has 0 aliphatic carbocycles. The van der Waals surface area contributed by atoms with E-state index in [2.05, 4.69) is 11.1 Å². The molecule has 1 nitrogen and oxygen atoms in total. The van der Waals surface area contributed by atoms with Crippen LogP contribution in [0.5, 0.6) is 0 Å². The lowest BCUT2D eigenvalue weighted by atomic mass is 9.92. The first-order valence-corrected chi connectivity index (χ1v) is 8.52. The molecule has 0 spiro atoms. The standard InChI is InChI=1S/C23H15F3N/c24-23(25,26)20-13-7-12-19-21(17-10-5-2-6-11-17)18(15-27-22(19)20)14-16-8-3-1-4-9-16/h1-5,7-13,15H,14H2. The molecular formula is C23H15F3N. The van der Waals surface area contributed by atoms with Crippen molar-refractivity contribution in [1.29, 1.82) is 0 Å². The molecule has 0 aliphatic rings. The second-order valence-electron chi connectivity index (χ2n) is 6.31. The maximum Gasteiger partial charge on any atom is 0.418 e. The summed E-state index contributed by atoms with van der Waals surface area (Å²) in [5, 5.41) is 0.498. The van der Waals surface area contributed by atoms with Gasteiger partial charge in [-0.3, -0.25) is 4.98 Å². The van der Waals surface area contributed by atoms with Crippen molar-refractivity contribution in [3.8, 4) is 11.1 Å². The second kappa shape index (κ2) is 6.88. The van der Waals surface area contributed by atoms with E-state index in [4.69, 9.17) is 0 Å². The minimum atomic E-state index is -4.45. The molecule has 1 radical (unpaired) electrons. The Morgan fingerprint density at radius 1 is 0.889 bits per heavy atom. The number of alkyl halides is 3. The monoisotopic (exact) mass is 362 g/mol. The van der Waals surface area contributed by atoms with Gasteiger partial charge in [-0.05, 0) is 46.9 Å². The van der Waals surface area contributed by atoms with Crippen molar-refractivity contribution in [3.63, 3.8) is 0 Å². The van der Waals surface area contributed by atoms with Crippen molar-refractivity contribution >= 4 is 10.9 Å². The van der Waals surface area contributed by atoms with Gasteiger partial charge in [0.2, 0.25) is 0 Å². The van der Waals surface area contributed by atoms with Crippen molar-refractivity contribution in [2.45, 2.75) is 12.6 Å². The smallest absolute Gasteiger partial charge is 0.255 e. The molecule has 0 fully saturated rings. The van der Waals surface area contributed by atoms with E-state index < -0.39 is 11.7 Å². The lowest BCUT2D eigenvalue weighted by molar-refractivity contribution is -0.136. The summed E-state index contributed by atoms with van der Waals surface area (Å²) in [5.41, 5.74) is 2.81. The molecule has 0 aliphatic heterocycles. The Kier molecular flexibility index (Phi) is 4.40. The number of aromatic nitrogens is 1. The molecule has 0 amide bonds. The van der Waals surface area contributed by atoms with E-state index in [1.807, 2.05) is 42.5 Å². The van der Waals surface area contributed by atoms with Crippen LogP contribution >= 0.6 is 0 Å². The first-order valence-electron chi connectivity index (χ1n) is 8.52. The SMILES string of the molecule is FC(F)(F)c1cccc2c(-c3c[c]ccc3)c(Cc3ccccc3)cnc12. The molecule has 0 saturated carbocycles. The fourth-order valence-corrected chi connectivity index (χ4v) is 3.33. The molecule has 133 valence electrons. The first-order chi connectivity index (χ1) is 13.0. The van der Waals surface area contributed by atoms with E-state index >= 15 is 0 Å². The predicted octanol–water partition coefficient (Wildman–Crippen LogP) is 6.31. The lowest BCUT2D eigenvalue weighted by Gasteiger charge is -2.16. The molecular weight excluding hydrogens is 347 g/mol. The number of halogens is 3. The van der Waals surface area contributed by atoms with Crippen molar-refractivity contribution in [1.82, 2.24) is 4.98 Å². The molecule has 0 bridgehead atoms. The van der Waals surface area contributed by atoms with E-state index in [1.54, 1.807) is 24.4 Å². The molecule has 1 aromatic heterocycles. The van der Waals surface area contributed by atoms with E-state index in [1.165, 1.54) is 6.07 Å². The van der Waals surface area contributed by atoms with Gasteiger partial charge >= 0.3 is 6.18 Å². The average Bonchev–Trinajstić information content (AvgIpc) is 2.68. The number of benzene rings is 3. The van der Waals surface area contributed by atoms with Gasteiger partial charge in [-0.1, -0.05) is 60.7 Å². The first kappa shape index (κ1) is 17.3. The molecule has 4 heteroatoms. The zero-order chi connectivity index (χ0) is 18.9. The number of pyridine rings is 1. The van der Waals surface area contributed by atoms with Gasteiger partial charge in [0, 0.05) is 11.6 Å². The van der Waals surface area contributed by atoms with Gasteiger partial charge < -0.3 is 0 Å². The lowest BCUT2D eigenvalue weighted by Crippen LogP contribution is -2.07. The van der Waals surface area contributed by atoms with Crippen molar-refractivity contribution < 1.29 is 13.2 Å². The normalized spacial score (nSPS) is 11.7. The van der Waals surface area contributed by atoms with Gasteiger partial charge in [-0.2, -0.15) is 13.2 Å². The maximum absolute atomic E-state index is 13.5. The highest BCUT2D eigenvalue weighted by Crippen LogP contribution is 2.38. The van der Waals surface area contributed by atoms with Crippen LogP contribution in [0.25, 0.3) is 22.0 Å². The third-order valence-electron chi connectivity index (χ3n) is 4.51. The largest absolute Gasteiger partial charge is 0.418 e. The van der Waals surface area contributed by atoms with Gasteiger partial charge in [0.25, 0.3) is 0 Å². The van der Waals surface area contributed by atoms with Crippen LogP contribution in [0.1, 0.15) is 16.7 Å². The summed E-state index contributed by atoms with van der Waals surface area (Å²) < 4.78 is 40.4. The topological polar surface area (TPSA) is 12.9 Å². The summed E-state index contributed by atoms with van der Waals surface area (Å²) in [4.78, 5) is 4.20. The van der Waals surface area contributed by atoms with Crippen LogP contribution in [0, 0.1) is 6.07 Å². The van der Waals surface area contributed by atoms with Crippen molar-refractivity contribution in [2.24, 2.45) is 0 Å². The number of nitrogens with zero attached hydrogens (tertiary/aromatic N) is 1. The highest BCUT2D eigenvalue weighted by atomic mass is 19.4. The van der Waals surface area contributed by atoms with Crippen LogP contribution in [0.4, 0.5) is 13.2 Å². The van der Waals surface area contributed by atoms with Crippen molar-refractivity contribution in [2.75, 3.05) is 0 Å². The van der Waals surface area contributed by atoms with Crippen LogP contribution in [0.15, 0.2) is 79.0 Å². The number of fused-ring (bicyclic) bond motifs is 1. The number of hydrogen-bond donors (Lipinski definition) is 0. The van der Waals surface area contributed by atoms with E-state index in [9.17, 15) is 13.2 Å². The fraction of sp³-hybridized carbons (Fsp3) is 0.0870. The molecule has 0 atom stereocenters. The Balaban J connectivity index is 1.99. The Labute approximate surface area is 155 Å². The molecule has 0 N–H and O–H groups in total. The summed E-state index contributed by atoms with van der Waals surface area (Å²) >= 11 is 0. The highest BCUT2D eigenvalue weighted by molar-refractivity contribution is 5.97. The van der Waals surface area contributed by atoms with Crippen LogP contribution in [0.3, 0.4) is 0 Å². The molecule has 27 heavy (non-hydrogen) atoms. The molecule has 4 aromatic rings. The number of hydrogen-bond acceptors (Lipinski definition) is 1. The van der Waals surface area contributed by atoms with Crippen molar-refractivity contribution in [3.05, 3.63) is 102 Å². The van der Waals surface area contributed by atoms with Gasteiger partial charge in [0.15, 0.2) is 0 Å². The maximum atomic E-state index is 13.5. The zero-order valence-corrected chi connectivity index (χ0v) is 14.3. The zero-order valence-electron chi connectivity index (χ0n) is 14.3. The van der Waals surface area contributed by atoms with E-state index in [-0.39, 0.29) is 5.52 Å². The minimum absolute atomic E-state index is 0.0272. The Morgan fingerprint density at radius 2 is 1.70 bits per heavy atom.